The highest BCUT2D eigenvalue weighted by Crippen LogP contribution is 2.41. The van der Waals surface area contributed by atoms with Gasteiger partial charge in [-0.3, -0.25) is 0 Å². The molecule has 3 nitrogen and oxygen atoms in total. The molecule has 0 atom stereocenters. The van der Waals surface area contributed by atoms with Gasteiger partial charge in [0.1, 0.15) is 5.75 Å². The molecule has 0 saturated carbocycles. The minimum absolute atomic E-state index is 0.355. The molecule has 0 unspecified atom stereocenters. The molecule has 0 bridgehead atoms. The first kappa shape index (κ1) is 16.7. The average molecular weight is 336 g/mol. The van der Waals surface area contributed by atoms with Crippen molar-refractivity contribution in [2.75, 3.05) is 0 Å². The van der Waals surface area contributed by atoms with Crippen LogP contribution >= 0.6 is 23.2 Å². The van der Waals surface area contributed by atoms with Crippen LogP contribution in [0.5, 0.6) is 5.75 Å². The van der Waals surface area contributed by atoms with Gasteiger partial charge in [0.25, 0.3) is 0 Å². The first-order chi connectivity index (χ1) is 9.08. The summed E-state index contributed by atoms with van der Waals surface area (Å²) in [6.07, 6.45) is -8.20. The van der Waals surface area contributed by atoms with Crippen LogP contribution in [0.4, 0.5) is 27.6 Å². The van der Waals surface area contributed by atoms with Crippen molar-refractivity contribution in [2.24, 2.45) is 4.99 Å². The SMILES string of the molecule is O=C=Nc1ccc(OC(F)(F)C(Cl)Cl)c(C(F)(F)F)c1. The fourth-order valence-corrected chi connectivity index (χ4v) is 1.23. The number of alkyl halides is 7. The minimum Gasteiger partial charge on any atom is -0.430 e. The molecule has 1 aromatic rings. The summed E-state index contributed by atoms with van der Waals surface area (Å²) in [7, 11) is 0. The Morgan fingerprint density at radius 2 is 1.80 bits per heavy atom. The molecular weight excluding hydrogens is 332 g/mol. The van der Waals surface area contributed by atoms with Gasteiger partial charge in [0.05, 0.1) is 11.3 Å². The Kier molecular flexibility index (Phi) is 4.96. The zero-order valence-corrected chi connectivity index (χ0v) is 10.7. The molecule has 0 radical (unpaired) electrons. The number of nitrogens with zero attached hydrogens (tertiary/aromatic N) is 1. The maximum atomic E-state index is 13.1. The van der Waals surface area contributed by atoms with E-state index in [-0.39, 0.29) is 0 Å². The summed E-state index contributed by atoms with van der Waals surface area (Å²) in [5.41, 5.74) is -1.97. The molecule has 0 aliphatic rings. The molecule has 10 heteroatoms. The van der Waals surface area contributed by atoms with E-state index < -0.39 is 34.1 Å². The van der Waals surface area contributed by atoms with Crippen LogP contribution in [0.2, 0.25) is 0 Å². The lowest BCUT2D eigenvalue weighted by atomic mass is 10.1. The van der Waals surface area contributed by atoms with Crippen molar-refractivity contribution in [3.63, 3.8) is 0 Å². The third-order valence-electron chi connectivity index (χ3n) is 1.94. The zero-order chi connectivity index (χ0) is 15.6. The van der Waals surface area contributed by atoms with Crippen LogP contribution in [0.1, 0.15) is 5.56 Å². The van der Waals surface area contributed by atoms with E-state index in [1.54, 1.807) is 0 Å². The van der Waals surface area contributed by atoms with E-state index in [0.717, 1.165) is 12.1 Å². The summed E-state index contributed by atoms with van der Waals surface area (Å²) >= 11 is 9.81. The Morgan fingerprint density at radius 1 is 1.20 bits per heavy atom. The van der Waals surface area contributed by atoms with Gasteiger partial charge in [-0.25, -0.2) is 4.79 Å². The van der Waals surface area contributed by atoms with Crippen molar-refractivity contribution < 1.29 is 31.5 Å². The smallest absolute Gasteiger partial charge is 0.428 e. The third kappa shape index (κ3) is 4.06. The number of hydrogen-bond donors (Lipinski definition) is 0. The van der Waals surface area contributed by atoms with Gasteiger partial charge in [-0.05, 0) is 18.2 Å². The molecule has 20 heavy (non-hydrogen) atoms. The first-order valence-corrected chi connectivity index (χ1v) is 5.59. The molecule has 0 amide bonds. The Hall–Kier alpha value is -1.37. The molecule has 0 fully saturated rings. The fraction of sp³-hybridized carbons (Fsp3) is 0.300. The molecular formula is C10H4Cl2F5NO2. The number of carbonyl (C=O) groups excluding carboxylic acids is 1. The number of aliphatic imine (C=N–C) groups is 1. The van der Waals surface area contributed by atoms with Gasteiger partial charge < -0.3 is 4.74 Å². The van der Waals surface area contributed by atoms with Crippen LogP contribution in [-0.4, -0.2) is 17.0 Å². The Morgan fingerprint density at radius 3 is 2.25 bits per heavy atom. The molecule has 0 aliphatic carbocycles. The quantitative estimate of drug-likeness (QED) is 0.353. The normalized spacial score (nSPS) is 12.2. The van der Waals surface area contributed by atoms with Gasteiger partial charge in [0, 0.05) is 0 Å². The molecule has 1 rings (SSSR count). The standard InChI is InChI=1S/C10H4Cl2F5NO2/c11-8(12)10(16,17)20-7-2-1-5(18-4-19)3-6(7)9(13,14)15/h1-3,8H. The van der Waals surface area contributed by atoms with Crippen molar-refractivity contribution in [3.05, 3.63) is 23.8 Å². The maximum Gasteiger partial charge on any atom is 0.428 e. The molecule has 110 valence electrons. The van der Waals surface area contributed by atoms with Crippen LogP contribution in [0.25, 0.3) is 0 Å². The lowest BCUT2D eigenvalue weighted by Gasteiger charge is -2.21. The first-order valence-electron chi connectivity index (χ1n) is 4.72. The van der Waals surface area contributed by atoms with Crippen molar-refractivity contribution in [1.82, 2.24) is 0 Å². The summed E-state index contributed by atoms with van der Waals surface area (Å²) in [5.74, 6) is -1.20. The maximum absolute atomic E-state index is 13.1. The van der Waals surface area contributed by atoms with E-state index in [2.05, 4.69) is 9.73 Å². The second-order valence-electron chi connectivity index (χ2n) is 3.35. The lowest BCUT2D eigenvalue weighted by Crippen LogP contribution is -2.33. The van der Waals surface area contributed by atoms with Crippen molar-refractivity contribution in [1.29, 1.82) is 0 Å². The van der Waals surface area contributed by atoms with Gasteiger partial charge >= 0.3 is 12.3 Å². The Labute approximate surface area is 118 Å². The summed E-state index contributed by atoms with van der Waals surface area (Å²) in [4.78, 5) is 10.6. The number of halogens is 7. The molecule has 0 heterocycles. The largest absolute Gasteiger partial charge is 0.430 e. The molecule has 0 N–H and O–H groups in total. The monoisotopic (exact) mass is 335 g/mol. The highest BCUT2D eigenvalue weighted by atomic mass is 35.5. The van der Waals surface area contributed by atoms with Gasteiger partial charge in [-0.2, -0.15) is 26.9 Å². The number of isocyanates is 1. The average Bonchev–Trinajstić information content (AvgIpc) is 2.29. The van der Waals surface area contributed by atoms with Crippen LogP contribution in [0, 0.1) is 0 Å². The Bertz CT molecular complexity index is 541. The lowest BCUT2D eigenvalue weighted by molar-refractivity contribution is -0.172. The molecule has 0 spiro atoms. The van der Waals surface area contributed by atoms with Gasteiger partial charge in [0.2, 0.25) is 10.9 Å². The van der Waals surface area contributed by atoms with Gasteiger partial charge in [0.15, 0.2) is 0 Å². The van der Waals surface area contributed by atoms with Crippen molar-refractivity contribution >= 4 is 35.0 Å². The van der Waals surface area contributed by atoms with Crippen LogP contribution in [0.15, 0.2) is 23.2 Å². The molecule has 0 aromatic heterocycles. The summed E-state index contributed by atoms with van der Waals surface area (Å²) < 4.78 is 68.3. The number of benzene rings is 1. The highest BCUT2D eigenvalue weighted by Gasteiger charge is 2.43. The van der Waals surface area contributed by atoms with E-state index in [1.165, 1.54) is 0 Å². The second-order valence-corrected chi connectivity index (χ2v) is 4.44. The van der Waals surface area contributed by atoms with Gasteiger partial charge in [-0.15, -0.1) is 0 Å². The number of rotatable bonds is 4. The van der Waals surface area contributed by atoms with Crippen molar-refractivity contribution in [3.8, 4) is 5.75 Å². The predicted molar refractivity (Wildman–Crippen MR) is 60.3 cm³/mol. The van der Waals surface area contributed by atoms with Crippen LogP contribution in [-0.2, 0) is 11.0 Å². The molecule has 1 aromatic carbocycles. The van der Waals surface area contributed by atoms with Crippen LogP contribution < -0.4 is 4.74 Å². The third-order valence-corrected chi connectivity index (χ3v) is 2.45. The Balaban J connectivity index is 3.29. The topological polar surface area (TPSA) is 38.7 Å². The molecule has 0 aliphatic heterocycles. The van der Waals surface area contributed by atoms with E-state index in [4.69, 9.17) is 23.2 Å². The summed E-state index contributed by atoms with van der Waals surface area (Å²) in [6, 6.07) is 1.79. The summed E-state index contributed by atoms with van der Waals surface area (Å²) in [6.45, 7) is 0. The van der Waals surface area contributed by atoms with E-state index in [0.29, 0.717) is 12.1 Å². The highest BCUT2D eigenvalue weighted by molar-refractivity contribution is 6.44. The van der Waals surface area contributed by atoms with E-state index in [1.807, 2.05) is 0 Å². The van der Waals surface area contributed by atoms with E-state index >= 15 is 0 Å². The van der Waals surface area contributed by atoms with Gasteiger partial charge in [-0.1, -0.05) is 23.2 Å². The van der Waals surface area contributed by atoms with Crippen LogP contribution in [0.3, 0.4) is 0 Å². The predicted octanol–water partition coefficient (Wildman–Crippen LogP) is 4.45. The molecule has 0 saturated heterocycles. The fourth-order valence-electron chi connectivity index (χ4n) is 1.14. The number of hydrogen-bond acceptors (Lipinski definition) is 3. The van der Waals surface area contributed by atoms with Crippen molar-refractivity contribution in [2.45, 2.75) is 17.1 Å². The minimum atomic E-state index is -5.01. The number of ether oxygens (including phenoxy) is 1. The van der Waals surface area contributed by atoms with E-state index in [9.17, 15) is 26.7 Å². The second kappa shape index (κ2) is 5.95. The summed E-state index contributed by atoms with van der Waals surface area (Å²) in [5, 5.41) is 0. The zero-order valence-electron chi connectivity index (χ0n) is 9.22.